The number of aryl methyl sites for hydroxylation is 2. The van der Waals surface area contributed by atoms with Crippen molar-refractivity contribution in [3.05, 3.63) is 58.6 Å². The highest BCUT2D eigenvalue weighted by atomic mass is 16.5. The Morgan fingerprint density at radius 2 is 2.00 bits per heavy atom. The first-order valence-electron chi connectivity index (χ1n) is 7.38. The molecule has 0 aliphatic heterocycles. The lowest BCUT2D eigenvalue weighted by molar-refractivity contribution is 0.394. The number of fused-ring (bicyclic) bond motifs is 1. The SMILES string of the molecule is Cc1nc(-c2ccc(Cn3cnc4c(cnn4C)c3=O)cc2)no1. The highest BCUT2D eigenvalue weighted by Crippen LogP contribution is 2.16. The van der Waals surface area contributed by atoms with Gasteiger partial charge in [-0.15, -0.1) is 0 Å². The van der Waals surface area contributed by atoms with Crippen LogP contribution >= 0.6 is 0 Å². The molecule has 4 aromatic rings. The van der Waals surface area contributed by atoms with Crippen LogP contribution in [0.25, 0.3) is 22.4 Å². The summed E-state index contributed by atoms with van der Waals surface area (Å²) in [6.45, 7) is 2.18. The van der Waals surface area contributed by atoms with E-state index in [1.807, 2.05) is 24.3 Å². The Morgan fingerprint density at radius 3 is 2.71 bits per heavy atom. The van der Waals surface area contributed by atoms with Gasteiger partial charge in [0.2, 0.25) is 11.7 Å². The molecule has 0 atom stereocenters. The Morgan fingerprint density at radius 1 is 1.21 bits per heavy atom. The zero-order valence-electron chi connectivity index (χ0n) is 13.2. The van der Waals surface area contributed by atoms with Gasteiger partial charge in [0.15, 0.2) is 5.65 Å². The minimum absolute atomic E-state index is 0.106. The molecule has 0 bridgehead atoms. The number of rotatable bonds is 3. The van der Waals surface area contributed by atoms with E-state index in [-0.39, 0.29) is 5.56 Å². The van der Waals surface area contributed by atoms with Crippen LogP contribution in [0.1, 0.15) is 11.5 Å². The first-order valence-corrected chi connectivity index (χ1v) is 7.38. The second-order valence-corrected chi connectivity index (χ2v) is 5.52. The molecule has 0 aliphatic carbocycles. The molecule has 1 aromatic carbocycles. The molecule has 0 N–H and O–H groups in total. The lowest BCUT2D eigenvalue weighted by Gasteiger charge is -2.06. The van der Waals surface area contributed by atoms with E-state index in [0.717, 1.165) is 11.1 Å². The van der Waals surface area contributed by atoms with Crippen LogP contribution in [-0.2, 0) is 13.6 Å². The molecular formula is C16H14N6O2. The Balaban J connectivity index is 1.64. The third-order valence-electron chi connectivity index (χ3n) is 3.81. The highest BCUT2D eigenvalue weighted by Gasteiger charge is 2.09. The predicted molar refractivity (Wildman–Crippen MR) is 86.3 cm³/mol. The van der Waals surface area contributed by atoms with Crippen molar-refractivity contribution in [2.45, 2.75) is 13.5 Å². The molecule has 3 aromatic heterocycles. The van der Waals surface area contributed by atoms with Crippen LogP contribution in [0.5, 0.6) is 0 Å². The maximum absolute atomic E-state index is 12.5. The second kappa shape index (κ2) is 5.41. The van der Waals surface area contributed by atoms with Crippen LogP contribution in [0.15, 0.2) is 46.1 Å². The summed E-state index contributed by atoms with van der Waals surface area (Å²) in [6.07, 6.45) is 3.09. The van der Waals surface area contributed by atoms with E-state index >= 15 is 0 Å². The first-order chi connectivity index (χ1) is 11.6. The van der Waals surface area contributed by atoms with Crippen LogP contribution in [0.4, 0.5) is 0 Å². The van der Waals surface area contributed by atoms with Gasteiger partial charge in [0.05, 0.1) is 12.7 Å². The molecule has 0 amide bonds. The number of benzene rings is 1. The molecule has 0 radical (unpaired) electrons. The van der Waals surface area contributed by atoms with E-state index in [9.17, 15) is 4.79 Å². The summed E-state index contributed by atoms with van der Waals surface area (Å²) in [5.74, 6) is 1.08. The third-order valence-corrected chi connectivity index (χ3v) is 3.81. The molecule has 0 aliphatic rings. The molecule has 0 unspecified atom stereocenters. The van der Waals surface area contributed by atoms with Crippen molar-refractivity contribution >= 4 is 11.0 Å². The summed E-state index contributed by atoms with van der Waals surface area (Å²) in [7, 11) is 1.76. The van der Waals surface area contributed by atoms with E-state index in [1.54, 1.807) is 35.7 Å². The van der Waals surface area contributed by atoms with Gasteiger partial charge >= 0.3 is 0 Å². The first kappa shape index (κ1) is 14.3. The third kappa shape index (κ3) is 2.37. The van der Waals surface area contributed by atoms with Crippen molar-refractivity contribution in [3.8, 4) is 11.4 Å². The summed E-state index contributed by atoms with van der Waals surface area (Å²) in [4.78, 5) is 21.0. The summed E-state index contributed by atoms with van der Waals surface area (Å²) in [6, 6.07) is 7.67. The van der Waals surface area contributed by atoms with Crippen molar-refractivity contribution in [1.82, 2.24) is 29.5 Å². The van der Waals surface area contributed by atoms with Crippen LogP contribution in [-0.4, -0.2) is 29.5 Å². The number of nitrogens with zero attached hydrogens (tertiary/aromatic N) is 6. The Labute approximate surface area is 136 Å². The van der Waals surface area contributed by atoms with Crippen molar-refractivity contribution in [2.75, 3.05) is 0 Å². The topological polar surface area (TPSA) is 91.6 Å². The average Bonchev–Trinajstić information content (AvgIpc) is 3.18. The fourth-order valence-electron chi connectivity index (χ4n) is 2.55. The van der Waals surface area contributed by atoms with Gasteiger partial charge < -0.3 is 4.52 Å². The maximum atomic E-state index is 12.5. The lowest BCUT2D eigenvalue weighted by atomic mass is 10.1. The smallest absolute Gasteiger partial charge is 0.264 e. The van der Waals surface area contributed by atoms with Gasteiger partial charge in [-0.05, 0) is 5.56 Å². The zero-order chi connectivity index (χ0) is 16.7. The Kier molecular flexibility index (Phi) is 3.23. The summed E-state index contributed by atoms with van der Waals surface area (Å²) in [5.41, 5.74) is 2.32. The summed E-state index contributed by atoms with van der Waals surface area (Å²) in [5, 5.41) is 8.47. The van der Waals surface area contributed by atoms with Crippen LogP contribution in [0.2, 0.25) is 0 Å². The van der Waals surface area contributed by atoms with Gasteiger partial charge in [-0.1, -0.05) is 29.4 Å². The van der Waals surface area contributed by atoms with Gasteiger partial charge in [-0.2, -0.15) is 10.1 Å². The van der Waals surface area contributed by atoms with E-state index in [1.165, 1.54) is 0 Å². The fraction of sp³-hybridized carbons (Fsp3) is 0.188. The lowest BCUT2D eigenvalue weighted by Crippen LogP contribution is -2.21. The monoisotopic (exact) mass is 322 g/mol. The molecule has 0 spiro atoms. The van der Waals surface area contributed by atoms with Crippen LogP contribution in [0.3, 0.4) is 0 Å². The summed E-state index contributed by atoms with van der Waals surface area (Å²) < 4.78 is 8.13. The average molecular weight is 322 g/mol. The van der Waals surface area contributed by atoms with E-state index in [2.05, 4.69) is 20.2 Å². The number of aromatic nitrogens is 6. The van der Waals surface area contributed by atoms with Crippen LogP contribution < -0.4 is 5.56 Å². The van der Waals surface area contributed by atoms with Gasteiger partial charge in [-0.3, -0.25) is 14.0 Å². The van der Waals surface area contributed by atoms with Gasteiger partial charge in [0.1, 0.15) is 11.7 Å². The summed E-state index contributed by atoms with van der Waals surface area (Å²) >= 11 is 0. The standard InChI is InChI=1S/C16H14N6O2/c1-10-19-14(20-24-10)12-5-3-11(4-6-12)8-22-9-17-15-13(16(22)23)7-18-21(15)2/h3-7,9H,8H2,1-2H3. The number of hydrogen-bond donors (Lipinski definition) is 0. The van der Waals surface area contributed by atoms with Crippen molar-refractivity contribution in [2.24, 2.45) is 7.05 Å². The van der Waals surface area contributed by atoms with Crippen LogP contribution in [0, 0.1) is 6.92 Å². The molecule has 24 heavy (non-hydrogen) atoms. The normalized spacial score (nSPS) is 11.2. The van der Waals surface area contributed by atoms with Crippen molar-refractivity contribution in [1.29, 1.82) is 0 Å². The maximum Gasteiger partial charge on any atom is 0.264 e. The highest BCUT2D eigenvalue weighted by molar-refractivity contribution is 5.72. The molecule has 8 nitrogen and oxygen atoms in total. The molecule has 120 valence electrons. The zero-order valence-corrected chi connectivity index (χ0v) is 13.2. The second-order valence-electron chi connectivity index (χ2n) is 5.52. The molecule has 4 rings (SSSR count). The largest absolute Gasteiger partial charge is 0.339 e. The molecule has 0 saturated carbocycles. The van der Waals surface area contributed by atoms with Gasteiger partial charge in [0.25, 0.3) is 5.56 Å². The Hall–Kier alpha value is -3.29. The molecule has 8 heteroatoms. The van der Waals surface area contributed by atoms with Gasteiger partial charge in [-0.25, -0.2) is 4.98 Å². The van der Waals surface area contributed by atoms with Gasteiger partial charge in [0, 0.05) is 19.5 Å². The minimum Gasteiger partial charge on any atom is -0.339 e. The molecule has 0 saturated heterocycles. The fourth-order valence-corrected chi connectivity index (χ4v) is 2.55. The Bertz CT molecular complexity index is 1070. The molecule has 3 heterocycles. The van der Waals surface area contributed by atoms with Crippen molar-refractivity contribution in [3.63, 3.8) is 0 Å². The predicted octanol–water partition coefficient (Wildman–Crippen LogP) is 1.54. The molecule has 0 fully saturated rings. The van der Waals surface area contributed by atoms with E-state index < -0.39 is 0 Å². The minimum atomic E-state index is -0.106. The van der Waals surface area contributed by atoms with E-state index in [4.69, 9.17) is 4.52 Å². The number of hydrogen-bond acceptors (Lipinski definition) is 6. The van der Waals surface area contributed by atoms with Crippen molar-refractivity contribution < 1.29 is 4.52 Å². The van der Waals surface area contributed by atoms with E-state index in [0.29, 0.717) is 29.3 Å². The molecular weight excluding hydrogens is 308 g/mol. The quantitative estimate of drug-likeness (QED) is 0.568.